The van der Waals surface area contributed by atoms with Crippen molar-refractivity contribution in [1.82, 2.24) is 4.90 Å². The average molecular weight is 304 g/mol. The molecule has 1 unspecified atom stereocenters. The third-order valence-corrected chi connectivity index (χ3v) is 3.36. The Morgan fingerprint density at radius 3 is 2.47 bits per heavy atom. The lowest BCUT2D eigenvalue weighted by Crippen LogP contribution is -2.34. The van der Waals surface area contributed by atoms with Crippen molar-refractivity contribution in [2.45, 2.75) is 19.9 Å². The van der Waals surface area contributed by atoms with Crippen LogP contribution in [0.5, 0.6) is 0 Å². The molecule has 0 saturated heterocycles. The summed E-state index contributed by atoms with van der Waals surface area (Å²) in [6, 6.07) is 3.32. The smallest absolute Gasteiger partial charge is 0.325 e. The van der Waals surface area contributed by atoms with Crippen molar-refractivity contribution in [3.63, 3.8) is 0 Å². The van der Waals surface area contributed by atoms with Crippen LogP contribution in [0.15, 0.2) is 22.7 Å². The molecule has 1 aromatic rings. The Balaban J connectivity index is 3.18. The van der Waals surface area contributed by atoms with Gasteiger partial charge in [-0.15, -0.1) is 0 Å². The van der Waals surface area contributed by atoms with E-state index < -0.39 is 12.0 Å². The van der Waals surface area contributed by atoms with Gasteiger partial charge in [0.2, 0.25) is 0 Å². The molecule has 0 radical (unpaired) electrons. The quantitative estimate of drug-likeness (QED) is 0.909. The lowest BCUT2D eigenvalue weighted by molar-refractivity contribution is -0.143. The highest BCUT2D eigenvalue weighted by atomic mass is 79.9. The summed E-state index contributed by atoms with van der Waals surface area (Å²) in [5.41, 5.74) is 0.572. The van der Waals surface area contributed by atoms with E-state index in [0.717, 1.165) is 0 Å². The number of hydrogen-bond acceptors (Lipinski definition) is 2. The minimum absolute atomic E-state index is 0.385. The monoisotopic (exact) mass is 303 g/mol. The highest BCUT2D eigenvalue weighted by molar-refractivity contribution is 9.10. The van der Waals surface area contributed by atoms with Crippen molar-refractivity contribution in [3.8, 4) is 0 Å². The molecule has 3 nitrogen and oxygen atoms in total. The van der Waals surface area contributed by atoms with E-state index in [1.807, 2.05) is 13.8 Å². The van der Waals surface area contributed by atoms with Crippen LogP contribution in [-0.2, 0) is 4.79 Å². The maximum absolute atomic E-state index is 13.0. The molecule has 0 heterocycles. The van der Waals surface area contributed by atoms with Gasteiger partial charge in [-0.25, -0.2) is 4.39 Å². The van der Waals surface area contributed by atoms with Gasteiger partial charge < -0.3 is 5.11 Å². The topological polar surface area (TPSA) is 40.5 Å². The summed E-state index contributed by atoms with van der Waals surface area (Å²) < 4.78 is 13.5. The predicted octanol–water partition coefficient (Wildman–Crippen LogP) is 3.06. The molecule has 0 aliphatic heterocycles. The first-order valence-electron chi connectivity index (χ1n) is 5.43. The van der Waals surface area contributed by atoms with E-state index in [1.165, 1.54) is 18.2 Å². The molecule has 0 fully saturated rings. The highest BCUT2D eigenvalue weighted by Crippen LogP contribution is 2.28. The zero-order chi connectivity index (χ0) is 13.0. The van der Waals surface area contributed by atoms with E-state index >= 15 is 0 Å². The van der Waals surface area contributed by atoms with E-state index in [-0.39, 0.29) is 5.82 Å². The van der Waals surface area contributed by atoms with Crippen LogP contribution in [0.1, 0.15) is 25.5 Å². The number of rotatable bonds is 5. The van der Waals surface area contributed by atoms with Crippen LogP contribution >= 0.6 is 15.9 Å². The molecular weight excluding hydrogens is 289 g/mol. The Labute approximate surface area is 108 Å². The number of benzene rings is 1. The molecule has 1 N–H and O–H groups in total. The molecule has 1 rings (SSSR count). The highest BCUT2D eigenvalue weighted by Gasteiger charge is 2.27. The molecule has 0 aliphatic carbocycles. The molecule has 0 saturated carbocycles. The summed E-state index contributed by atoms with van der Waals surface area (Å²) in [7, 11) is 0. The minimum atomic E-state index is -0.930. The van der Waals surface area contributed by atoms with E-state index in [4.69, 9.17) is 0 Å². The van der Waals surface area contributed by atoms with E-state index in [0.29, 0.717) is 23.1 Å². The molecule has 0 spiro atoms. The second-order valence-electron chi connectivity index (χ2n) is 3.63. The normalized spacial score (nSPS) is 12.8. The fraction of sp³-hybridized carbons (Fsp3) is 0.417. The first kappa shape index (κ1) is 14.1. The third-order valence-electron chi connectivity index (χ3n) is 2.67. The maximum atomic E-state index is 13.0. The molecule has 0 amide bonds. The lowest BCUT2D eigenvalue weighted by atomic mass is 10.1. The zero-order valence-corrected chi connectivity index (χ0v) is 11.4. The molecular formula is C12H15BrFNO2. The zero-order valence-electron chi connectivity index (χ0n) is 9.78. The van der Waals surface area contributed by atoms with Crippen molar-refractivity contribution in [3.05, 3.63) is 34.1 Å². The van der Waals surface area contributed by atoms with Crippen LogP contribution in [0.4, 0.5) is 4.39 Å². The van der Waals surface area contributed by atoms with Crippen LogP contribution in [-0.4, -0.2) is 29.1 Å². The largest absolute Gasteiger partial charge is 0.480 e. The van der Waals surface area contributed by atoms with E-state index in [1.54, 1.807) is 4.90 Å². The van der Waals surface area contributed by atoms with Crippen molar-refractivity contribution in [1.29, 1.82) is 0 Å². The molecule has 0 aliphatic rings. The van der Waals surface area contributed by atoms with Crippen molar-refractivity contribution >= 4 is 21.9 Å². The number of carboxylic acid groups (broad SMARTS) is 1. The Kier molecular flexibility index (Phi) is 5.08. The Morgan fingerprint density at radius 1 is 1.47 bits per heavy atom. The number of carbonyl (C=O) groups is 1. The summed E-state index contributed by atoms with van der Waals surface area (Å²) >= 11 is 3.21. The average Bonchev–Trinajstić information content (AvgIpc) is 2.26. The van der Waals surface area contributed by atoms with Crippen LogP contribution in [0, 0.1) is 5.82 Å². The summed E-state index contributed by atoms with van der Waals surface area (Å²) in [5.74, 6) is -1.31. The molecule has 94 valence electrons. The van der Waals surface area contributed by atoms with Gasteiger partial charge in [-0.05, 0) is 30.8 Å². The van der Waals surface area contributed by atoms with Gasteiger partial charge in [0.15, 0.2) is 0 Å². The molecule has 0 aromatic heterocycles. The summed E-state index contributed by atoms with van der Waals surface area (Å²) in [6.07, 6.45) is 0. The second kappa shape index (κ2) is 6.12. The Bertz CT molecular complexity index is 407. The van der Waals surface area contributed by atoms with Crippen molar-refractivity contribution in [2.24, 2.45) is 0 Å². The molecule has 5 heteroatoms. The van der Waals surface area contributed by atoms with Crippen molar-refractivity contribution in [2.75, 3.05) is 13.1 Å². The molecule has 1 aromatic carbocycles. The van der Waals surface area contributed by atoms with Crippen LogP contribution in [0.3, 0.4) is 0 Å². The van der Waals surface area contributed by atoms with Crippen LogP contribution in [0.25, 0.3) is 0 Å². The fourth-order valence-corrected chi connectivity index (χ4v) is 2.37. The summed E-state index contributed by atoms with van der Waals surface area (Å²) in [4.78, 5) is 13.1. The second-order valence-corrected chi connectivity index (χ2v) is 4.48. The Hall–Kier alpha value is -0.940. The van der Waals surface area contributed by atoms with Gasteiger partial charge in [-0.1, -0.05) is 35.8 Å². The summed E-state index contributed by atoms with van der Waals surface area (Å²) in [5, 5.41) is 9.30. The van der Waals surface area contributed by atoms with Gasteiger partial charge >= 0.3 is 5.97 Å². The number of nitrogens with zero attached hydrogens (tertiary/aromatic N) is 1. The van der Waals surface area contributed by atoms with E-state index in [2.05, 4.69) is 15.9 Å². The van der Waals surface area contributed by atoms with Gasteiger partial charge in [0, 0.05) is 4.47 Å². The first-order valence-corrected chi connectivity index (χ1v) is 6.22. The predicted molar refractivity (Wildman–Crippen MR) is 67.4 cm³/mol. The van der Waals surface area contributed by atoms with Gasteiger partial charge in [0.1, 0.15) is 11.9 Å². The standard InChI is InChI=1S/C12H15BrFNO2/c1-3-15(4-2)11(12(16)17)9-6-5-8(14)7-10(9)13/h5-7,11H,3-4H2,1-2H3,(H,16,17). The van der Waals surface area contributed by atoms with Gasteiger partial charge in [-0.2, -0.15) is 0 Å². The number of hydrogen-bond donors (Lipinski definition) is 1. The van der Waals surface area contributed by atoms with E-state index in [9.17, 15) is 14.3 Å². The Morgan fingerprint density at radius 2 is 2.06 bits per heavy atom. The van der Waals surface area contributed by atoms with Crippen LogP contribution in [0.2, 0.25) is 0 Å². The maximum Gasteiger partial charge on any atom is 0.325 e. The van der Waals surface area contributed by atoms with Gasteiger partial charge in [0.05, 0.1) is 0 Å². The summed E-state index contributed by atoms with van der Waals surface area (Å²) in [6.45, 7) is 5.04. The number of aliphatic carboxylic acids is 1. The number of halogens is 2. The third kappa shape index (κ3) is 3.26. The van der Waals surface area contributed by atoms with Crippen molar-refractivity contribution < 1.29 is 14.3 Å². The molecule has 17 heavy (non-hydrogen) atoms. The molecule has 0 bridgehead atoms. The SMILES string of the molecule is CCN(CC)C(C(=O)O)c1ccc(F)cc1Br. The number of carboxylic acids is 1. The molecule has 1 atom stereocenters. The minimum Gasteiger partial charge on any atom is -0.480 e. The van der Waals surface area contributed by atoms with Crippen LogP contribution < -0.4 is 0 Å². The first-order chi connectivity index (χ1) is 8.01. The van der Waals surface area contributed by atoms with Gasteiger partial charge in [-0.3, -0.25) is 9.69 Å². The lowest BCUT2D eigenvalue weighted by Gasteiger charge is -2.27. The van der Waals surface area contributed by atoms with Gasteiger partial charge in [0.25, 0.3) is 0 Å². The fourth-order valence-electron chi connectivity index (χ4n) is 1.80. The number of likely N-dealkylation sites (N-methyl/N-ethyl adjacent to an activating group) is 1.